The fraction of sp³-hybridized carbons (Fsp3) is 0.273. The Labute approximate surface area is 164 Å². The van der Waals surface area contributed by atoms with Crippen LogP contribution in [0.2, 0.25) is 0 Å². The van der Waals surface area contributed by atoms with E-state index in [1.54, 1.807) is 24.3 Å². The summed E-state index contributed by atoms with van der Waals surface area (Å²) in [6, 6.07) is 12.6. The van der Waals surface area contributed by atoms with Crippen molar-refractivity contribution in [2.45, 2.75) is 27.3 Å². The fourth-order valence-corrected chi connectivity index (χ4v) is 3.41. The Morgan fingerprint density at radius 3 is 2.57 bits per heavy atom. The third-order valence-corrected chi connectivity index (χ3v) is 4.67. The molecule has 0 aliphatic rings. The van der Waals surface area contributed by atoms with Gasteiger partial charge in [0.2, 0.25) is 0 Å². The number of nitrogens with zero attached hydrogens (tertiary/aromatic N) is 1. The number of amides is 1. The normalized spacial score (nSPS) is 10.7. The van der Waals surface area contributed by atoms with Crippen LogP contribution in [0.4, 0.5) is 5.69 Å². The lowest BCUT2D eigenvalue weighted by Gasteiger charge is -2.10. The van der Waals surface area contributed by atoms with Crippen molar-refractivity contribution in [3.05, 3.63) is 59.3 Å². The second-order valence-electron chi connectivity index (χ2n) is 6.36. The van der Waals surface area contributed by atoms with Crippen molar-refractivity contribution in [3.63, 3.8) is 0 Å². The summed E-state index contributed by atoms with van der Waals surface area (Å²) in [7, 11) is 1.33. The molecule has 146 valence electrons. The highest BCUT2D eigenvalue weighted by atomic mass is 16.5. The van der Waals surface area contributed by atoms with Crippen LogP contribution in [0.25, 0.3) is 10.9 Å². The highest BCUT2D eigenvalue weighted by Gasteiger charge is 2.20. The van der Waals surface area contributed by atoms with Crippen LogP contribution in [0.5, 0.6) is 5.75 Å². The average Bonchev–Trinajstić information content (AvgIpc) is 2.99. The third kappa shape index (κ3) is 3.58. The molecule has 0 saturated carbocycles. The van der Waals surface area contributed by atoms with E-state index in [2.05, 4.69) is 5.32 Å². The summed E-state index contributed by atoms with van der Waals surface area (Å²) in [5, 5.41) is 3.88. The van der Waals surface area contributed by atoms with E-state index in [1.165, 1.54) is 7.11 Å². The van der Waals surface area contributed by atoms with Crippen LogP contribution in [0.3, 0.4) is 0 Å². The van der Waals surface area contributed by atoms with Gasteiger partial charge in [-0.05, 0) is 62.7 Å². The Morgan fingerprint density at radius 1 is 1.11 bits per heavy atom. The molecular weight excluding hydrogens is 356 g/mol. The predicted octanol–water partition coefficient (Wildman–Crippen LogP) is 4.41. The van der Waals surface area contributed by atoms with Crippen LogP contribution in [-0.2, 0) is 11.3 Å². The summed E-state index contributed by atoms with van der Waals surface area (Å²) in [5.41, 5.74) is 3.39. The van der Waals surface area contributed by atoms with E-state index >= 15 is 0 Å². The maximum absolute atomic E-state index is 13.1. The molecule has 1 N–H and O–H groups in total. The van der Waals surface area contributed by atoms with E-state index in [0.717, 1.165) is 22.2 Å². The van der Waals surface area contributed by atoms with Crippen LogP contribution in [0, 0.1) is 6.92 Å². The van der Waals surface area contributed by atoms with E-state index in [9.17, 15) is 9.59 Å². The smallest absolute Gasteiger partial charge is 0.337 e. The number of esters is 1. The summed E-state index contributed by atoms with van der Waals surface area (Å²) < 4.78 is 12.3. The van der Waals surface area contributed by atoms with Gasteiger partial charge in [0.25, 0.3) is 5.91 Å². The van der Waals surface area contributed by atoms with Crippen LogP contribution in [0.15, 0.2) is 42.5 Å². The van der Waals surface area contributed by atoms with Crippen molar-refractivity contribution in [1.29, 1.82) is 0 Å². The van der Waals surface area contributed by atoms with Crippen molar-refractivity contribution in [2.75, 3.05) is 19.0 Å². The number of ether oxygens (including phenoxy) is 2. The van der Waals surface area contributed by atoms with Crippen LogP contribution in [0.1, 0.15) is 40.3 Å². The van der Waals surface area contributed by atoms with E-state index < -0.39 is 5.97 Å². The van der Waals surface area contributed by atoms with Gasteiger partial charge in [-0.3, -0.25) is 4.79 Å². The Kier molecular flexibility index (Phi) is 5.68. The number of nitrogens with one attached hydrogen (secondary N) is 1. The molecule has 1 amide bonds. The molecule has 28 heavy (non-hydrogen) atoms. The maximum atomic E-state index is 13.1. The number of anilines is 1. The first-order valence-electron chi connectivity index (χ1n) is 9.25. The number of rotatable bonds is 6. The van der Waals surface area contributed by atoms with Crippen molar-refractivity contribution in [3.8, 4) is 5.75 Å². The number of methoxy groups -OCH3 is 1. The van der Waals surface area contributed by atoms with Gasteiger partial charge in [0.05, 0.1) is 19.3 Å². The van der Waals surface area contributed by atoms with Crippen LogP contribution in [-0.4, -0.2) is 30.2 Å². The Hall–Kier alpha value is -3.28. The molecule has 0 radical (unpaired) electrons. The minimum absolute atomic E-state index is 0.226. The predicted molar refractivity (Wildman–Crippen MR) is 109 cm³/mol. The average molecular weight is 380 g/mol. The second kappa shape index (κ2) is 8.17. The summed E-state index contributed by atoms with van der Waals surface area (Å²) in [4.78, 5) is 24.8. The minimum Gasteiger partial charge on any atom is -0.494 e. The van der Waals surface area contributed by atoms with Gasteiger partial charge < -0.3 is 19.4 Å². The van der Waals surface area contributed by atoms with Gasteiger partial charge in [-0.15, -0.1) is 0 Å². The first-order chi connectivity index (χ1) is 13.5. The van der Waals surface area contributed by atoms with Gasteiger partial charge >= 0.3 is 5.97 Å². The molecule has 0 aliphatic heterocycles. The number of benzene rings is 2. The van der Waals surface area contributed by atoms with Crippen molar-refractivity contribution in [1.82, 2.24) is 4.57 Å². The molecule has 6 nitrogen and oxygen atoms in total. The van der Waals surface area contributed by atoms with E-state index in [4.69, 9.17) is 9.47 Å². The number of fused-ring (bicyclic) bond motifs is 1. The largest absolute Gasteiger partial charge is 0.494 e. The second-order valence-corrected chi connectivity index (χ2v) is 6.36. The molecule has 0 atom stereocenters. The summed E-state index contributed by atoms with van der Waals surface area (Å²) in [5.74, 6) is 0.109. The summed E-state index contributed by atoms with van der Waals surface area (Å²) in [6.07, 6.45) is 0. The zero-order valence-electron chi connectivity index (χ0n) is 16.5. The first-order valence-corrected chi connectivity index (χ1v) is 9.25. The lowest BCUT2D eigenvalue weighted by atomic mass is 10.1. The van der Waals surface area contributed by atoms with Gasteiger partial charge in [0.15, 0.2) is 0 Å². The number of hydrogen-bond acceptors (Lipinski definition) is 4. The van der Waals surface area contributed by atoms with E-state index in [1.807, 2.05) is 43.5 Å². The number of carbonyl (C=O) groups is 2. The molecular formula is C22H24N2O4. The highest BCUT2D eigenvalue weighted by molar-refractivity contribution is 6.08. The molecule has 0 aliphatic carbocycles. The molecule has 0 saturated heterocycles. The number of carbonyl (C=O) groups excluding carboxylic acids is 2. The Balaban J connectivity index is 1.99. The monoisotopic (exact) mass is 380 g/mol. The summed E-state index contributed by atoms with van der Waals surface area (Å²) >= 11 is 0. The molecule has 0 fully saturated rings. The van der Waals surface area contributed by atoms with Gasteiger partial charge in [0, 0.05) is 23.1 Å². The quantitative estimate of drug-likeness (QED) is 0.643. The number of aromatic nitrogens is 1. The first kappa shape index (κ1) is 19.5. The minimum atomic E-state index is -0.446. The fourth-order valence-electron chi connectivity index (χ4n) is 3.41. The molecule has 0 spiro atoms. The number of aryl methyl sites for hydroxylation is 2. The Bertz CT molecular complexity index is 1040. The topological polar surface area (TPSA) is 69.6 Å². The molecule has 1 heterocycles. The molecule has 0 bridgehead atoms. The van der Waals surface area contributed by atoms with Crippen molar-refractivity contribution < 1.29 is 19.1 Å². The van der Waals surface area contributed by atoms with Gasteiger partial charge in [-0.25, -0.2) is 4.79 Å². The van der Waals surface area contributed by atoms with E-state index in [0.29, 0.717) is 30.1 Å². The van der Waals surface area contributed by atoms with E-state index in [-0.39, 0.29) is 5.91 Å². The van der Waals surface area contributed by atoms with Gasteiger partial charge in [0.1, 0.15) is 11.4 Å². The lowest BCUT2D eigenvalue weighted by Crippen LogP contribution is -2.18. The maximum Gasteiger partial charge on any atom is 0.337 e. The third-order valence-electron chi connectivity index (χ3n) is 4.67. The highest BCUT2D eigenvalue weighted by Crippen LogP contribution is 2.30. The standard InChI is InChI=1S/C22H24N2O4/c1-5-24-19-11-10-17(28-6-2)13-18(19)14(3)20(24)21(25)23-16-9-7-8-15(12-16)22(26)27-4/h7-13H,5-6H2,1-4H3,(H,23,25). The summed E-state index contributed by atoms with van der Waals surface area (Å²) in [6.45, 7) is 7.12. The molecule has 0 unspecified atom stereocenters. The molecule has 3 aromatic rings. The zero-order chi connectivity index (χ0) is 20.3. The SMILES string of the molecule is CCOc1ccc2c(c1)c(C)c(C(=O)Nc1cccc(C(=O)OC)c1)n2CC. The molecule has 1 aromatic heterocycles. The molecule has 3 rings (SSSR count). The van der Waals surface area contributed by atoms with Crippen LogP contribution < -0.4 is 10.1 Å². The zero-order valence-corrected chi connectivity index (χ0v) is 16.5. The number of hydrogen-bond donors (Lipinski definition) is 1. The lowest BCUT2D eigenvalue weighted by molar-refractivity contribution is 0.0600. The van der Waals surface area contributed by atoms with Crippen molar-refractivity contribution in [2.24, 2.45) is 0 Å². The van der Waals surface area contributed by atoms with Crippen LogP contribution >= 0.6 is 0 Å². The Morgan fingerprint density at radius 2 is 1.89 bits per heavy atom. The molecule has 2 aromatic carbocycles. The van der Waals surface area contributed by atoms with Crippen molar-refractivity contribution >= 4 is 28.5 Å². The van der Waals surface area contributed by atoms with Gasteiger partial charge in [-0.2, -0.15) is 0 Å². The van der Waals surface area contributed by atoms with Gasteiger partial charge in [-0.1, -0.05) is 6.07 Å². The molecule has 6 heteroatoms.